The van der Waals surface area contributed by atoms with E-state index in [1.165, 1.54) is 29.8 Å². The van der Waals surface area contributed by atoms with E-state index in [-0.39, 0.29) is 18.2 Å². The molecule has 2 amide bonds. The maximum absolute atomic E-state index is 11.9. The molecule has 0 fully saturated rings. The first-order valence-corrected chi connectivity index (χ1v) is 8.65. The molecule has 0 aliphatic carbocycles. The van der Waals surface area contributed by atoms with Crippen molar-refractivity contribution in [2.45, 2.75) is 12.8 Å². The van der Waals surface area contributed by atoms with Crippen molar-refractivity contribution in [3.63, 3.8) is 0 Å². The van der Waals surface area contributed by atoms with Gasteiger partial charge in [0.05, 0.1) is 17.7 Å². The molecule has 0 aromatic carbocycles. The first-order valence-electron chi connectivity index (χ1n) is 6.89. The van der Waals surface area contributed by atoms with Gasteiger partial charge < -0.3 is 15.4 Å². The van der Waals surface area contributed by atoms with Crippen molar-refractivity contribution in [1.82, 2.24) is 5.32 Å². The predicted octanol–water partition coefficient (Wildman–Crippen LogP) is 2.74. The normalized spacial score (nSPS) is 10.1. The number of thiophene rings is 2. The SMILES string of the molecule is COC(=O)c1sccc1NC(=O)CCCNC(=O)c1cccs1. The van der Waals surface area contributed by atoms with Crippen LogP contribution in [-0.4, -0.2) is 31.4 Å². The lowest BCUT2D eigenvalue weighted by molar-refractivity contribution is -0.116. The Morgan fingerprint density at radius 3 is 2.70 bits per heavy atom. The maximum atomic E-state index is 11.9. The summed E-state index contributed by atoms with van der Waals surface area (Å²) in [5.74, 6) is -0.816. The first-order chi connectivity index (χ1) is 11.1. The van der Waals surface area contributed by atoms with Crippen LogP contribution in [0.3, 0.4) is 0 Å². The summed E-state index contributed by atoms with van der Waals surface area (Å²) in [6.07, 6.45) is 0.766. The summed E-state index contributed by atoms with van der Waals surface area (Å²) in [5.41, 5.74) is 0.453. The molecule has 2 N–H and O–H groups in total. The molecule has 2 aromatic heterocycles. The van der Waals surface area contributed by atoms with Crippen molar-refractivity contribution in [2.75, 3.05) is 19.0 Å². The number of nitrogens with one attached hydrogen (secondary N) is 2. The molecule has 2 rings (SSSR count). The third kappa shape index (κ3) is 4.90. The van der Waals surface area contributed by atoms with Crippen LogP contribution < -0.4 is 10.6 Å². The number of rotatable bonds is 7. The topological polar surface area (TPSA) is 84.5 Å². The summed E-state index contributed by atoms with van der Waals surface area (Å²) in [5, 5.41) is 8.99. The molecule has 2 aromatic rings. The van der Waals surface area contributed by atoms with E-state index >= 15 is 0 Å². The van der Waals surface area contributed by atoms with Gasteiger partial charge in [0.25, 0.3) is 5.91 Å². The third-order valence-corrected chi connectivity index (χ3v) is 4.68. The maximum Gasteiger partial charge on any atom is 0.350 e. The van der Waals surface area contributed by atoms with Gasteiger partial charge in [-0.2, -0.15) is 0 Å². The van der Waals surface area contributed by atoms with Crippen molar-refractivity contribution >= 4 is 46.1 Å². The Morgan fingerprint density at radius 2 is 2.00 bits per heavy atom. The molecule has 0 aliphatic rings. The van der Waals surface area contributed by atoms with Gasteiger partial charge in [-0.25, -0.2) is 4.79 Å². The lowest BCUT2D eigenvalue weighted by Crippen LogP contribution is -2.24. The van der Waals surface area contributed by atoms with Crippen LogP contribution in [0.1, 0.15) is 32.2 Å². The monoisotopic (exact) mass is 352 g/mol. The number of carbonyl (C=O) groups is 3. The highest BCUT2D eigenvalue weighted by Crippen LogP contribution is 2.23. The van der Waals surface area contributed by atoms with Crippen LogP contribution in [0.5, 0.6) is 0 Å². The number of methoxy groups -OCH3 is 1. The Morgan fingerprint density at radius 1 is 1.17 bits per heavy atom. The Bertz CT molecular complexity index is 679. The number of hydrogen-bond acceptors (Lipinski definition) is 6. The van der Waals surface area contributed by atoms with Gasteiger partial charge in [0, 0.05) is 13.0 Å². The van der Waals surface area contributed by atoms with Crippen LogP contribution in [0.25, 0.3) is 0 Å². The second-order valence-corrected chi connectivity index (χ2v) is 6.40. The van der Waals surface area contributed by atoms with Crippen LogP contribution in [-0.2, 0) is 9.53 Å². The van der Waals surface area contributed by atoms with Crippen molar-refractivity contribution < 1.29 is 19.1 Å². The number of carbonyl (C=O) groups excluding carboxylic acids is 3. The van der Waals surface area contributed by atoms with Crippen LogP contribution in [0, 0.1) is 0 Å². The van der Waals surface area contributed by atoms with Gasteiger partial charge in [0.2, 0.25) is 5.91 Å². The molecule has 0 unspecified atom stereocenters. The van der Waals surface area contributed by atoms with E-state index in [9.17, 15) is 14.4 Å². The average molecular weight is 352 g/mol. The molecule has 2 heterocycles. The lowest BCUT2D eigenvalue weighted by Gasteiger charge is -2.06. The number of esters is 1. The smallest absolute Gasteiger partial charge is 0.350 e. The molecule has 122 valence electrons. The minimum atomic E-state index is -0.474. The van der Waals surface area contributed by atoms with E-state index in [1.807, 2.05) is 11.4 Å². The first kappa shape index (κ1) is 17.2. The van der Waals surface area contributed by atoms with Gasteiger partial charge in [0.1, 0.15) is 4.88 Å². The largest absolute Gasteiger partial charge is 0.465 e. The van der Waals surface area contributed by atoms with Crippen LogP contribution in [0.15, 0.2) is 29.0 Å². The quantitative estimate of drug-likeness (QED) is 0.593. The summed E-state index contributed by atoms with van der Waals surface area (Å²) in [6, 6.07) is 5.22. The molecular weight excluding hydrogens is 336 g/mol. The van der Waals surface area contributed by atoms with Crippen LogP contribution in [0.2, 0.25) is 0 Å². The zero-order chi connectivity index (χ0) is 16.7. The molecule has 6 nitrogen and oxygen atoms in total. The van der Waals surface area contributed by atoms with E-state index in [2.05, 4.69) is 15.4 Å². The van der Waals surface area contributed by atoms with Crippen LogP contribution >= 0.6 is 22.7 Å². The molecule has 0 aliphatic heterocycles. The van der Waals surface area contributed by atoms with Gasteiger partial charge in [-0.1, -0.05) is 6.07 Å². The number of amides is 2. The fourth-order valence-electron chi connectivity index (χ4n) is 1.82. The Balaban J connectivity index is 1.72. The van der Waals surface area contributed by atoms with E-state index < -0.39 is 5.97 Å². The van der Waals surface area contributed by atoms with Crippen LogP contribution in [0.4, 0.5) is 5.69 Å². The second kappa shape index (κ2) is 8.44. The minimum Gasteiger partial charge on any atom is -0.465 e. The Hall–Kier alpha value is -2.19. The molecule has 0 atom stereocenters. The molecule has 8 heteroatoms. The second-order valence-electron chi connectivity index (χ2n) is 4.54. The fraction of sp³-hybridized carbons (Fsp3) is 0.267. The molecule has 0 bridgehead atoms. The molecule has 0 saturated heterocycles. The Labute approximate surface area is 141 Å². The van der Waals surface area contributed by atoms with Gasteiger partial charge in [0.15, 0.2) is 0 Å². The summed E-state index contributed by atoms with van der Waals surface area (Å²) < 4.78 is 4.65. The Kier molecular flexibility index (Phi) is 6.30. The summed E-state index contributed by atoms with van der Waals surface area (Å²) in [6.45, 7) is 0.414. The van der Waals surface area contributed by atoms with Gasteiger partial charge in [-0.15, -0.1) is 22.7 Å². The third-order valence-electron chi connectivity index (χ3n) is 2.92. The summed E-state index contributed by atoms with van der Waals surface area (Å²) >= 11 is 2.58. The molecule has 0 spiro atoms. The lowest BCUT2D eigenvalue weighted by atomic mass is 10.2. The van der Waals surface area contributed by atoms with Crippen molar-refractivity contribution in [3.05, 3.63) is 38.7 Å². The minimum absolute atomic E-state index is 0.133. The standard InChI is InChI=1S/C15H16N2O4S2/c1-21-15(20)13-10(6-9-23-13)17-12(18)5-2-7-16-14(19)11-4-3-8-22-11/h3-4,6,8-9H,2,5,7H2,1H3,(H,16,19)(H,17,18). The summed E-state index contributed by atoms with van der Waals surface area (Å²) in [4.78, 5) is 36.1. The molecular formula is C15H16N2O4S2. The average Bonchev–Trinajstić information content (AvgIpc) is 3.22. The molecule has 0 radical (unpaired) electrons. The number of hydrogen-bond donors (Lipinski definition) is 2. The number of ether oxygens (including phenoxy) is 1. The highest BCUT2D eigenvalue weighted by atomic mass is 32.1. The van der Waals surface area contributed by atoms with Crippen molar-refractivity contribution in [1.29, 1.82) is 0 Å². The van der Waals surface area contributed by atoms with E-state index in [1.54, 1.807) is 17.5 Å². The highest BCUT2D eigenvalue weighted by Gasteiger charge is 2.15. The van der Waals surface area contributed by atoms with E-state index in [0.717, 1.165) is 0 Å². The molecule has 0 saturated carbocycles. The molecule has 23 heavy (non-hydrogen) atoms. The predicted molar refractivity (Wildman–Crippen MR) is 90.2 cm³/mol. The zero-order valence-electron chi connectivity index (χ0n) is 12.5. The van der Waals surface area contributed by atoms with Gasteiger partial charge in [-0.05, 0) is 29.3 Å². The fourth-order valence-corrected chi connectivity index (χ4v) is 3.22. The highest BCUT2D eigenvalue weighted by molar-refractivity contribution is 7.12. The number of anilines is 1. The summed E-state index contributed by atoms with van der Waals surface area (Å²) in [7, 11) is 1.30. The zero-order valence-corrected chi connectivity index (χ0v) is 14.1. The van der Waals surface area contributed by atoms with Gasteiger partial charge >= 0.3 is 5.97 Å². The van der Waals surface area contributed by atoms with Crippen molar-refractivity contribution in [3.8, 4) is 0 Å². The van der Waals surface area contributed by atoms with E-state index in [0.29, 0.717) is 28.4 Å². The van der Waals surface area contributed by atoms with E-state index in [4.69, 9.17) is 0 Å². The van der Waals surface area contributed by atoms with Crippen molar-refractivity contribution in [2.24, 2.45) is 0 Å². The van der Waals surface area contributed by atoms with Gasteiger partial charge in [-0.3, -0.25) is 9.59 Å².